The van der Waals surface area contributed by atoms with E-state index in [9.17, 15) is 9.59 Å². The molecule has 5 heteroatoms. The minimum absolute atomic E-state index is 0.0653. The van der Waals surface area contributed by atoms with E-state index >= 15 is 0 Å². The maximum Gasteiger partial charge on any atom is 0.312 e. The van der Waals surface area contributed by atoms with Crippen LogP contribution in [0.1, 0.15) is 27.9 Å². The van der Waals surface area contributed by atoms with Crippen molar-refractivity contribution < 1.29 is 14.3 Å². The Balaban J connectivity index is 1.54. The summed E-state index contributed by atoms with van der Waals surface area (Å²) in [6.07, 6.45) is 0.739. The molecule has 0 saturated heterocycles. The highest BCUT2D eigenvalue weighted by Gasteiger charge is 2.12. The number of carbonyl (C=O) groups excluding carboxylic acids is 2. The average molecular weight is 394 g/mol. The van der Waals surface area contributed by atoms with Gasteiger partial charge < -0.3 is 10.1 Å². The standard InChI is InChI=1S/C23H20ClNO3/c24-20-12-6-5-11-19(20)23(27)25-15-14-22(26)28-21-13-7-4-10-18(21)16-17-8-2-1-3-9-17/h1-13H,14-16H2,(H,25,27). The normalized spacial score (nSPS) is 10.3. The second-order valence-electron chi connectivity index (χ2n) is 6.23. The first-order valence-electron chi connectivity index (χ1n) is 8.99. The number of hydrogen-bond donors (Lipinski definition) is 1. The number of ether oxygens (including phenoxy) is 1. The van der Waals surface area contributed by atoms with Crippen LogP contribution in [0.4, 0.5) is 0 Å². The van der Waals surface area contributed by atoms with Gasteiger partial charge in [-0.05, 0) is 29.3 Å². The third kappa shape index (κ3) is 5.44. The lowest BCUT2D eigenvalue weighted by Gasteiger charge is -2.11. The van der Waals surface area contributed by atoms with E-state index in [-0.39, 0.29) is 18.9 Å². The van der Waals surface area contributed by atoms with Crippen LogP contribution in [-0.4, -0.2) is 18.4 Å². The highest BCUT2D eigenvalue weighted by Crippen LogP contribution is 2.22. The summed E-state index contributed by atoms with van der Waals surface area (Å²) in [5.41, 5.74) is 2.45. The molecule has 3 aromatic carbocycles. The van der Waals surface area contributed by atoms with Gasteiger partial charge in [0, 0.05) is 13.0 Å². The van der Waals surface area contributed by atoms with Gasteiger partial charge in [0.25, 0.3) is 5.91 Å². The zero-order valence-electron chi connectivity index (χ0n) is 15.2. The molecule has 0 fully saturated rings. The van der Waals surface area contributed by atoms with Crippen LogP contribution in [0.5, 0.6) is 5.75 Å². The monoisotopic (exact) mass is 393 g/mol. The SMILES string of the molecule is O=C(CCNC(=O)c1ccccc1Cl)Oc1ccccc1Cc1ccccc1. The molecule has 28 heavy (non-hydrogen) atoms. The predicted molar refractivity (Wildman–Crippen MR) is 110 cm³/mol. The minimum Gasteiger partial charge on any atom is -0.426 e. The number of esters is 1. The number of halogens is 1. The second-order valence-corrected chi connectivity index (χ2v) is 6.64. The maximum absolute atomic E-state index is 12.2. The fraction of sp³-hybridized carbons (Fsp3) is 0.130. The zero-order chi connectivity index (χ0) is 19.8. The highest BCUT2D eigenvalue weighted by atomic mass is 35.5. The summed E-state index contributed by atoms with van der Waals surface area (Å²) in [5.74, 6) is -0.184. The number of nitrogens with one attached hydrogen (secondary N) is 1. The van der Waals surface area contributed by atoms with Crippen molar-refractivity contribution in [1.82, 2.24) is 5.32 Å². The van der Waals surface area contributed by atoms with E-state index in [1.54, 1.807) is 30.3 Å². The summed E-state index contributed by atoms with van der Waals surface area (Å²) in [4.78, 5) is 24.3. The summed E-state index contributed by atoms with van der Waals surface area (Å²) >= 11 is 6.00. The zero-order valence-corrected chi connectivity index (χ0v) is 16.0. The molecule has 1 amide bonds. The van der Waals surface area contributed by atoms with Crippen LogP contribution in [-0.2, 0) is 11.2 Å². The molecule has 142 valence electrons. The van der Waals surface area contributed by atoms with Crippen molar-refractivity contribution >= 4 is 23.5 Å². The van der Waals surface area contributed by atoms with E-state index in [1.165, 1.54) is 0 Å². The van der Waals surface area contributed by atoms with Crippen LogP contribution in [0, 0.1) is 0 Å². The largest absolute Gasteiger partial charge is 0.426 e. The number of rotatable bonds is 7. The van der Waals surface area contributed by atoms with Gasteiger partial charge in [0.15, 0.2) is 0 Å². The Hall–Kier alpha value is -3.11. The van der Waals surface area contributed by atoms with E-state index in [2.05, 4.69) is 5.32 Å². The van der Waals surface area contributed by atoms with Gasteiger partial charge in [0.2, 0.25) is 0 Å². The number of benzene rings is 3. The van der Waals surface area contributed by atoms with Crippen LogP contribution in [0.3, 0.4) is 0 Å². The van der Waals surface area contributed by atoms with Gasteiger partial charge >= 0.3 is 5.97 Å². The molecule has 0 heterocycles. The van der Waals surface area contributed by atoms with E-state index in [0.717, 1.165) is 11.1 Å². The molecular formula is C23H20ClNO3. The molecule has 0 bridgehead atoms. The van der Waals surface area contributed by atoms with Crippen molar-refractivity contribution in [1.29, 1.82) is 0 Å². The molecule has 0 spiro atoms. The molecule has 0 radical (unpaired) electrons. The van der Waals surface area contributed by atoms with Gasteiger partial charge in [-0.15, -0.1) is 0 Å². The Morgan fingerprint density at radius 1 is 0.857 bits per heavy atom. The number of para-hydroxylation sites is 1. The summed E-state index contributed by atoms with van der Waals surface area (Å²) in [5, 5.41) is 3.06. The Bertz CT molecular complexity index is 957. The van der Waals surface area contributed by atoms with Crippen molar-refractivity contribution in [3.05, 3.63) is 101 Å². The number of carbonyl (C=O) groups is 2. The molecule has 3 rings (SSSR count). The summed E-state index contributed by atoms with van der Waals surface area (Å²) < 4.78 is 5.51. The van der Waals surface area contributed by atoms with Gasteiger partial charge in [-0.25, -0.2) is 0 Å². The van der Waals surface area contributed by atoms with Gasteiger partial charge in [0.05, 0.1) is 17.0 Å². The summed E-state index contributed by atoms with van der Waals surface area (Å²) in [6, 6.07) is 24.2. The minimum atomic E-state index is -0.403. The lowest BCUT2D eigenvalue weighted by atomic mass is 10.0. The fourth-order valence-electron chi connectivity index (χ4n) is 2.76. The molecule has 0 aliphatic carbocycles. The van der Waals surface area contributed by atoms with Gasteiger partial charge in [-0.2, -0.15) is 0 Å². The van der Waals surface area contributed by atoms with Crippen LogP contribution in [0.25, 0.3) is 0 Å². The molecular weight excluding hydrogens is 374 g/mol. The van der Waals surface area contributed by atoms with Crippen molar-refractivity contribution in [2.75, 3.05) is 6.54 Å². The molecule has 4 nitrogen and oxygen atoms in total. The van der Waals surface area contributed by atoms with Gasteiger partial charge in [-0.1, -0.05) is 72.3 Å². The summed E-state index contributed by atoms with van der Waals surface area (Å²) in [7, 11) is 0. The molecule has 0 atom stereocenters. The topological polar surface area (TPSA) is 55.4 Å². The Morgan fingerprint density at radius 2 is 1.54 bits per heavy atom. The number of amides is 1. The van der Waals surface area contributed by atoms with E-state index < -0.39 is 5.97 Å². The van der Waals surface area contributed by atoms with Crippen LogP contribution in [0.15, 0.2) is 78.9 Å². The molecule has 0 aromatic heterocycles. The smallest absolute Gasteiger partial charge is 0.312 e. The molecule has 1 N–H and O–H groups in total. The average Bonchev–Trinajstić information content (AvgIpc) is 2.70. The quantitative estimate of drug-likeness (QED) is 0.469. The summed E-state index contributed by atoms with van der Waals surface area (Å²) in [6.45, 7) is 0.170. The van der Waals surface area contributed by atoms with Crippen molar-refractivity contribution in [3.63, 3.8) is 0 Å². The lowest BCUT2D eigenvalue weighted by molar-refractivity contribution is -0.134. The third-order valence-electron chi connectivity index (χ3n) is 4.17. The van der Waals surface area contributed by atoms with E-state index in [1.807, 2.05) is 48.5 Å². The molecule has 0 aliphatic rings. The first-order chi connectivity index (χ1) is 13.6. The third-order valence-corrected chi connectivity index (χ3v) is 4.50. The van der Waals surface area contributed by atoms with Crippen LogP contribution >= 0.6 is 11.6 Å². The molecule has 0 unspecified atom stereocenters. The first-order valence-corrected chi connectivity index (χ1v) is 9.36. The second kappa shape index (κ2) is 9.72. The predicted octanol–water partition coefficient (Wildman–Crippen LogP) is 4.66. The Morgan fingerprint density at radius 3 is 2.32 bits per heavy atom. The Labute approximate surface area is 169 Å². The molecule has 0 aliphatic heterocycles. The fourth-order valence-corrected chi connectivity index (χ4v) is 2.98. The van der Waals surface area contributed by atoms with Crippen molar-refractivity contribution in [2.45, 2.75) is 12.8 Å². The van der Waals surface area contributed by atoms with E-state index in [4.69, 9.17) is 16.3 Å². The van der Waals surface area contributed by atoms with Crippen molar-refractivity contribution in [2.24, 2.45) is 0 Å². The first kappa shape index (κ1) is 19.6. The van der Waals surface area contributed by atoms with Crippen molar-refractivity contribution in [3.8, 4) is 5.75 Å². The van der Waals surface area contributed by atoms with Crippen LogP contribution < -0.4 is 10.1 Å². The lowest BCUT2D eigenvalue weighted by Crippen LogP contribution is -2.27. The van der Waals surface area contributed by atoms with E-state index in [0.29, 0.717) is 22.8 Å². The number of hydrogen-bond acceptors (Lipinski definition) is 3. The molecule has 3 aromatic rings. The molecule has 0 saturated carbocycles. The maximum atomic E-state index is 12.2. The van der Waals surface area contributed by atoms with Gasteiger partial charge in [-0.3, -0.25) is 9.59 Å². The highest BCUT2D eigenvalue weighted by molar-refractivity contribution is 6.33. The Kier molecular flexibility index (Phi) is 6.82. The van der Waals surface area contributed by atoms with Gasteiger partial charge in [0.1, 0.15) is 5.75 Å². The van der Waals surface area contributed by atoms with Crippen LogP contribution in [0.2, 0.25) is 5.02 Å².